The third-order valence-electron chi connectivity index (χ3n) is 5.56. The Bertz CT molecular complexity index is 1260. The molecule has 36 heavy (non-hydrogen) atoms. The number of thiocarbonyl (C=S) groups is 1. The smallest absolute Gasteiger partial charge is 0.323 e. The first-order valence-corrected chi connectivity index (χ1v) is 11.9. The van der Waals surface area contributed by atoms with E-state index in [1.165, 1.54) is 24.4 Å². The van der Waals surface area contributed by atoms with Crippen LogP contribution in [0.4, 0.5) is 20.7 Å². The zero-order chi connectivity index (χ0) is 25.5. The number of anilines is 2. The molecule has 10 heteroatoms. The maximum Gasteiger partial charge on any atom is 0.323 e. The quantitative estimate of drug-likeness (QED) is 0.409. The van der Waals surface area contributed by atoms with Gasteiger partial charge in [0.1, 0.15) is 11.6 Å². The molecule has 1 atom stereocenters. The number of amides is 3. The molecule has 8 nitrogen and oxygen atoms in total. The largest absolute Gasteiger partial charge is 0.454 e. The van der Waals surface area contributed by atoms with Gasteiger partial charge in [-0.15, -0.1) is 0 Å². The van der Waals surface area contributed by atoms with Gasteiger partial charge in [0.05, 0.1) is 6.42 Å². The van der Waals surface area contributed by atoms with Crippen LogP contribution in [0.1, 0.15) is 18.9 Å². The Balaban J connectivity index is 1.31. The van der Waals surface area contributed by atoms with Crippen molar-refractivity contribution in [3.05, 3.63) is 78.2 Å². The molecule has 1 saturated heterocycles. The number of pyridine rings is 1. The summed E-state index contributed by atoms with van der Waals surface area (Å²) in [5.74, 6) is 0.173. The predicted octanol–water partition coefficient (Wildman–Crippen LogP) is 4.94. The van der Waals surface area contributed by atoms with Crippen molar-refractivity contribution in [1.82, 2.24) is 15.2 Å². The standard InChI is InChI=1S/C26H26FN5O3S/c1-17-10-12-32(16-17)26(34)30-23-15-20(9-11-28-23)35-22-8-7-19(14-21(22)27)29-25(36)31-24(33)13-18-5-3-2-4-6-18/h2-9,11,14-15,17H,10,12-13,16H2,1H3,(H,28,30,34)(H2,29,31,33,36)/t17-/m1/s1. The summed E-state index contributed by atoms with van der Waals surface area (Å²) in [6.07, 6.45) is 2.62. The lowest BCUT2D eigenvalue weighted by Gasteiger charge is -2.16. The Hall–Kier alpha value is -4.05. The minimum absolute atomic E-state index is 0.0172. The van der Waals surface area contributed by atoms with Crippen LogP contribution in [0.25, 0.3) is 0 Å². The lowest BCUT2D eigenvalue weighted by Crippen LogP contribution is -2.35. The van der Waals surface area contributed by atoms with Gasteiger partial charge in [0.25, 0.3) is 0 Å². The number of urea groups is 1. The van der Waals surface area contributed by atoms with E-state index in [2.05, 4.69) is 27.9 Å². The highest BCUT2D eigenvalue weighted by Crippen LogP contribution is 2.28. The van der Waals surface area contributed by atoms with Crippen LogP contribution in [0.2, 0.25) is 0 Å². The van der Waals surface area contributed by atoms with Crippen LogP contribution in [0, 0.1) is 11.7 Å². The highest BCUT2D eigenvalue weighted by Gasteiger charge is 2.23. The molecule has 0 bridgehead atoms. The van der Waals surface area contributed by atoms with Crippen LogP contribution in [-0.2, 0) is 11.2 Å². The van der Waals surface area contributed by atoms with Crippen LogP contribution in [0.5, 0.6) is 11.5 Å². The molecule has 1 aromatic heterocycles. The molecule has 2 heterocycles. The van der Waals surface area contributed by atoms with Crippen molar-refractivity contribution in [3.63, 3.8) is 0 Å². The molecular weight excluding hydrogens is 481 g/mol. The van der Waals surface area contributed by atoms with Gasteiger partial charge in [-0.25, -0.2) is 14.2 Å². The summed E-state index contributed by atoms with van der Waals surface area (Å²) in [4.78, 5) is 30.4. The van der Waals surface area contributed by atoms with Gasteiger partial charge >= 0.3 is 6.03 Å². The van der Waals surface area contributed by atoms with Gasteiger partial charge < -0.3 is 20.3 Å². The fourth-order valence-corrected chi connectivity index (χ4v) is 3.99. The summed E-state index contributed by atoms with van der Waals surface area (Å²) in [6.45, 7) is 3.51. The van der Waals surface area contributed by atoms with E-state index < -0.39 is 5.82 Å². The molecule has 0 unspecified atom stereocenters. The maximum absolute atomic E-state index is 14.7. The minimum Gasteiger partial charge on any atom is -0.454 e. The highest BCUT2D eigenvalue weighted by atomic mass is 32.1. The number of rotatable bonds is 6. The van der Waals surface area contributed by atoms with Gasteiger partial charge in [-0.1, -0.05) is 37.3 Å². The van der Waals surface area contributed by atoms with Gasteiger partial charge in [0.15, 0.2) is 16.7 Å². The SMILES string of the molecule is C[C@@H]1CCN(C(=O)Nc2cc(Oc3ccc(NC(=S)NC(=O)Cc4ccccc4)cc3F)ccn2)C1. The molecule has 2 aromatic carbocycles. The number of hydrogen-bond donors (Lipinski definition) is 3. The van der Waals surface area contributed by atoms with Gasteiger partial charge in [0.2, 0.25) is 5.91 Å². The third-order valence-corrected chi connectivity index (χ3v) is 5.76. The molecule has 0 spiro atoms. The molecule has 0 saturated carbocycles. The van der Waals surface area contributed by atoms with E-state index in [0.717, 1.165) is 12.0 Å². The summed E-state index contributed by atoms with van der Waals surface area (Å²) >= 11 is 5.16. The Morgan fingerprint density at radius 1 is 1.14 bits per heavy atom. The van der Waals surface area contributed by atoms with E-state index in [1.54, 1.807) is 17.0 Å². The molecule has 0 aliphatic carbocycles. The second-order valence-corrected chi connectivity index (χ2v) is 8.97. The summed E-state index contributed by atoms with van der Waals surface area (Å²) in [5.41, 5.74) is 1.21. The Kier molecular flexibility index (Phi) is 8.06. The number of aromatic nitrogens is 1. The first-order chi connectivity index (χ1) is 17.4. The fraction of sp³-hybridized carbons (Fsp3) is 0.231. The molecule has 1 aliphatic rings. The zero-order valence-corrected chi connectivity index (χ0v) is 20.5. The van der Waals surface area contributed by atoms with Gasteiger partial charge in [-0.3, -0.25) is 10.1 Å². The number of carbonyl (C=O) groups is 2. The molecule has 0 radical (unpaired) electrons. The minimum atomic E-state index is -0.633. The van der Waals surface area contributed by atoms with Crippen molar-refractivity contribution in [3.8, 4) is 11.5 Å². The molecular formula is C26H26FN5O3S. The van der Waals surface area contributed by atoms with Crippen LogP contribution in [-0.4, -0.2) is 40.0 Å². The summed E-state index contributed by atoms with van der Waals surface area (Å²) < 4.78 is 20.4. The topological polar surface area (TPSA) is 95.6 Å². The number of likely N-dealkylation sites (tertiary alicyclic amines) is 1. The first kappa shape index (κ1) is 25.1. The second kappa shape index (κ2) is 11.6. The van der Waals surface area contributed by atoms with E-state index in [9.17, 15) is 14.0 Å². The highest BCUT2D eigenvalue weighted by molar-refractivity contribution is 7.80. The predicted molar refractivity (Wildman–Crippen MR) is 140 cm³/mol. The normalized spacial score (nSPS) is 14.7. The Labute approximate surface area is 213 Å². The van der Waals surface area contributed by atoms with Crippen molar-refractivity contribution in [2.45, 2.75) is 19.8 Å². The van der Waals surface area contributed by atoms with Crippen molar-refractivity contribution >= 4 is 40.8 Å². The molecule has 1 aliphatic heterocycles. The first-order valence-electron chi connectivity index (χ1n) is 11.5. The number of ether oxygens (including phenoxy) is 1. The Morgan fingerprint density at radius 2 is 1.94 bits per heavy atom. The average molecular weight is 508 g/mol. The van der Waals surface area contributed by atoms with E-state index in [0.29, 0.717) is 36.3 Å². The maximum atomic E-state index is 14.7. The van der Waals surface area contributed by atoms with E-state index in [4.69, 9.17) is 17.0 Å². The number of halogens is 1. The van der Waals surface area contributed by atoms with E-state index in [1.807, 2.05) is 30.3 Å². The number of benzene rings is 2. The van der Waals surface area contributed by atoms with Crippen molar-refractivity contribution in [2.24, 2.45) is 5.92 Å². The van der Waals surface area contributed by atoms with Gasteiger partial charge in [0, 0.05) is 37.1 Å². The fourth-order valence-electron chi connectivity index (χ4n) is 3.75. The molecule has 4 rings (SSSR count). The van der Waals surface area contributed by atoms with Crippen LogP contribution < -0.4 is 20.7 Å². The molecule has 3 N–H and O–H groups in total. The number of hydrogen-bond acceptors (Lipinski definition) is 5. The molecule has 186 valence electrons. The average Bonchev–Trinajstić information content (AvgIpc) is 3.28. The van der Waals surface area contributed by atoms with Gasteiger partial charge in [-0.05, 0) is 48.3 Å². The molecule has 3 amide bonds. The van der Waals surface area contributed by atoms with Crippen molar-refractivity contribution < 1.29 is 18.7 Å². The summed E-state index contributed by atoms with van der Waals surface area (Å²) in [6, 6.07) is 16.4. The number of nitrogens with one attached hydrogen (secondary N) is 3. The molecule has 3 aromatic rings. The van der Waals surface area contributed by atoms with Crippen molar-refractivity contribution in [2.75, 3.05) is 23.7 Å². The monoisotopic (exact) mass is 507 g/mol. The number of nitrogens with zero attached hydrogens (tertiary/aromatic N) is 2. The third kappa shape index (κ3) is 6.98. The van der Waals surface area contributed by atoms with Crippen LogP contribution in [0.15, 0.2) is 66.9 Å². The summed E-state index contributed by atoms with van der Waals surface area (Å²) in [7, 11) is 0. The number of carbonyl (C=O) groups excluding carboxylic acids is 2. The zero-order valence-electron chi connectivity index (χ0n) is 19.7. The van der Waals surface area contributed by atoms with E-state index in [-0.39, 0.29) is 29.2 Å². The van der Waals surface area contributed by atoms with Gasteiger partial charge in [-0.2, -0.15) is 0 Å². The lowest BCUT2D eigenvalue weighted by molar-refractivity contribution is -0.119. The van der Waals surface area contributed by atoms with Crippen molar-refractivity contribution in [1.29, 1.82) is 0 Å². The Morgan fingerprint density at radius 3 is 2.67 bits per heavy atom. The second-order valence-electron chi connectivity index (χ2n) is 8.56. The lowest BCUT2D eigenvalue weighted by atomic mass is 10.1. The van der Waals surface area contributed by atoms with E-state index >= 15 is 0 Å². The molecule has 1 fully saturated rings. The van der Waals surface area contributed by atoms with Crippen LogP contribution in [0.3, 0.4) is 0 Å². The summed E-state index contributed by atoms with van der Waals surface area (Å²) in [5, 5.41) is 8.18. The van der Waals surface area contributed by atoms with Crippen LogP contribution >= 0.6 is 12.2 Å².